The molecule has 146 valence electrons. The third kappa shape index (κ3) is 4.28. The molecule has 1 aromatic carbocycles. The smallest absolute Gasteiger partial charge is 0.251 e. The molecule has 0 bridgehead atoms. The van der Waals surface area contributed by atoms with Crippen molar-refractivity contribution in [2.45, 2.75) is 20.8 Å². The molecule has 3 aromatic rings. The molecular formula is C20H24N6O2. The van der Waals surface area contributed by atoms with Gasteiger partial charge in [0.2, 0.25) is 0 Å². The SMILES string of the molecule is COc1cccc(C(=O)NCCNc2ccc(-n3nc(C)c(C)c3C)nn2)c1. The third-order valence-electron chi connectivity index (χ3n) is 4.57. The van der Waals surface area contributed by atoms with Gasteiger partial charge in [-0.05, 0) is 56.7 Å². The third-order valence-corrected chi connectivity index (χ3v) is 4.57. The fraction of sp³-hybridized carbons (Fsp3) is 0.300. The van der Waals surface area contributed by atoms with Gasteiger partial charge in [0.05, 0.1) is 12.8 Å². The average molecular weight is 380 g/mol. The quantitative estimate of drug-likeness (QED) is 0.612. The number of nitrogens with zero attached hydrogens (tertiary/aromatic N) is 4. The number of carbonyl (C=O) groups is 1. The number of aromatic nitrogens is 4. The Labute approximate surface area is 163 Å². The Bertz CT molecular complexity index is 965. The molecule has 0 aliphatic heterocycles. The second-order valence-electron chi connectivity index (χ2n) is 6.40. The summed E-state index contributed by atoms with van der Waals surface area (Å²) >= 11 is 0. The highest BCUT2D eigenvalue weighted by Crippen LogP contribution is 2.15. The first-order chi connectivity index (χ1) is 13.5. The Hall–Kier alpha value is -3.42. The molecule has 8 nitrogen and oxygen atoms in total. The summed E-state index contributed by atoms with van der Waals surface area (Å²) in [5.74, 6) is 1.81. The number of hydrogen-bond acceptors (Lipinski definition) is 6. The van der Waals surface area contributed by atoms with E-state index in [2.05, 4.69) is 25.9 Å². The van der Waals surface area contributed by atoms with Crippen molar-refractivity contribution in [1.29, 1.82) is 0 Å². The molecular weight excluding hydrogens is 356 g/mol. The second-order valence-corrected chi connectivity index (χ2v) is 6.40. The Kier molecular flexibility index (Phi) is 5.88. The van der Waals surface area contributed by atoms with E-state index in [9.17, 15) is 4.79 Å². The number of hydrogen-bond donors (Lipinski definition) is 2. The number of rotatable bonds is 7. The van der Waals surface area contributed by atoms with Crippen LogP contribution in [0.4, 0.5) is 5.82 Å². The Morgan fingerprint density at radius 2 is 1.93 bits per heavy atom. The first kappa shape index (κ1) is 19.3. The second kappa shape index (κ2) is 8.51. The lowest BCUT2D eigenvalue weighted by Gasteiger charge is -2.09. The summed E-state index contributed by atoms with van der Waals surface area (Å²) in [4.78, 5) is 12.2. The maximum absolute atomic E-state index is 12.2. The maximum Gasteiger partial charge on any atom is 0.251 e. The molecule has 0 aliphatic rings. The predicted octanol–water partition coefficient (Wildman–Crippen LogP) is 2.44. The van der Waals surface area contributed by atoms with Crippen LogP contribution in [0.25, 0.3) is 5.82 Å². The summed E-state index contributed by atoms with van der Waals surface area (Å²) in [6, 6.07) is 10.7. The van der Waals surface area contributed by atoms with Crippen LogP contribution in [0.3, 0.4) is 0 Å². The van der Waals surface area contributed by atoms with Gasteiger partial charge in [0.15, 0.2) is 5.82 Å². The van der Waals surface area contributed by atoms with Crippen molar-refractivity contribution in [3.05, 3.63) is 58.9 Å². The summed E-state index contributed by atoms with van der Waals surface area (Å²) in [5.41, 5.74) is 3.74. The van der Waals surface area contributed by atoms with Gasteiger partial charge in [0.25, 0.3) is 5.91 Å². The first-order valence-electron chi connectivity index (χ1n) is 9.02. The molecule has 0 saturated carbocycles. The number of nitrogens with one attached hydrogen (secondary N) is 2. The molecule has 3 rings (SSSR count). The largest absolute Gasteiger partial charge is 0.497 e. The topological polar surface area (TPSA) is 94.0 Å². The van der Waals surface area contributed by atoms with Crippen molar-refractivity contribution in [2.75, 3.05) is 25.5 Å². The van der Waals surface area contributed by atoms with E-state index in [4.69, 9.17) is 4.74 Å². The highest BCUT2D eigenvalue weighted by molar-refractivity contribution is 5.94. The molecule has 0 spiro atoms. The zero-order valence-corrected chi connectivity index (χ0v) is 16.5. The van der Waals surface area contributed by atoms with Crippen molar-refractivity contribution in [3.63, 3.8) is 0 Å². The van der Waals surface area contributed by atoms with Crippen molar-refractivity contribution < 1.29 is 9.53 Å². The molecule has 0 unspecified atom stereocenters. The van der Waals surface area contributed by atoms with E-state index in [0.717, 1.165) is 17.0 Å². The van der Waals surface area contributed by atoms with E-state index < -0.39 is 0 Å². The van der Waals surface area contributed by atoms with Gasteiger partial charge >= 0.3 is 0 Å². The predicted molar refractivity (Wildman–Crippen MR) is 107 cm³/mol. The number of methoxy groups -OCH3 is 1. The van der Waals surface area contributed by atoms with E-state index >= 15 is 0 Å². The Morgan fingerprint density at radius 3 is 2.57 bits per heavy atom. The van der Waals surface area contributed by atoms with Crippen molar-refractivity contribution in [2.24, 2.45) is 0 Å². The average Bonchev–Trinajstić information content (AvgIpc) is 2.99. The highest BCUT2D eigenvalue weighted by Gasteiger charge is 2.10. The summed E-state index contributed by atoms with van der Waals surface area (Å²) in [6.07, 6.45) is 0. The number of amides is 1. The van der Waals surface area contributed by atoms with Gasteiger partial charge in [-0.25, -0.2) is 4.68 Å². The summed E-state index contributed by atoms with van der Waals surface area (Å²) in [5, 5.41) is 18.9. The van der Waals surface area contributed by atoms with Gasteiger partial charge in [0, 0.05) is 24.3 Å². The van der Waals surface area contributed by atoms with Crippen LogP contribution in [0.15, 0.2) is 36.4 Å². The molecule has 8 heteroatoms. The van der Waals surface area contributed by atoms with Crippen LogP contribution in [0.2, 0.25) is 0 Å². The summed E-state index contributed by atoms with van der Waals surface area (Å²) < 4.78 is 6.92. The normalized spacial score (nSPS) is 10.6. The summed E-state index contributed by atoms with van der Waals surface area (Å²) in [6.45, 7) is 7.01. The minimum Gasteiger partial charge on any atom is -0.497 e. The van der Waals surface area contributed by atoms with Gasteiger partial charge in [-0.2, -0.15) is 5.10 Å². The van der Waals surface area contributed by atoms with E-state index in [1.54, 1.807) is 36.1 Å². The van der Waals surface area contributed by atoms with Crippen molar-refractivity contribution >= 4 is 11.7 Å². The van der Waals surface area contributed by atoms with E-state index in [1.165, 1.54) is 0 Å². The van der Waals surface area contributed by atoms with E-state index in [-0.39, 0.29) is 5.91 Å². The highest BCUT2D eigenvalue weighted by atomic mass is 16.5. The number of benzene rings is 1. The van der Waals surface area contributed by atoms with Gasteiger partial charge < -0.3 is 15.4 Å². The monoisotopic (exact) mass is 380 g/mol. The Morgan fingerprint density at radius 1 is 1.11 bits per heavy atom. The van der Waals surface area contributed by atoms with E-state index in [0.29, 0.717) is 36.0 Å². The zero-order valence-electron chi connectivity index (χ0n) is 16.5. The van der Waals surface area contributed by atoms with Crippen LogP contribution in [0.1, 0.15) is 27.3 Å². The van der Waals surface area contributed by atoms with Crippen LogP contribution < -0.4 is 15.4 Å². The molecule has 0 aliphatic carbocycles. The standard InChI is InChI=1S/C20H24N6O2/c1-13-14(2)25-26(15(13)3)19-9-8-18(23-24-19)21-10-11-22-20(27)16-6-5-7-17(12-16)28-4/h5-9,12H,10-11H2,1-4H3,(H,21,23)(H,22,27). The number of anilines is 1. The molecule has 0 radical (unpaired) electrons. The summed E-state index contributed by atoms with van der Waals surface area (Å²) in [7, 11) is 1.57. The molecule has 0 fully saturated rings. The van der Waals surface area contributed by atoms with Crippen LogP contribution in [-0.2, 0) is 0 Å². The number of aryl methyl sites for hydroxylation is 1. The fourth-order valence-electron chi connectivity index (χ4n) is 2.71. The van der Waals surface area contributed by atoms with Gasteiger partial charge in [-0.3, -0.25) is 4.79 Å². The lowest BCUT2D eigenvalue weighted by molar-refractivity contribution is 0.0955. The lowest BCUT2D eigenvalue weighted by atomic mass is 10.2. The molecule has 28 heavy (non-hydrogen) atoms. The first-order valence-corrected chi connectivity index (χ1v) is 9.02. The zero-order chi connectivity index (χ0) is 20.1. The Balaban J connectivity index is 1.51. The van der Waals surface area contributed by atoms with Crippen molar-refractivity contribution in [1.82, 2.24) is 25.3 Å². The minimum absolute atomic E-state index is 0.151. The molecule has 2 heterocycles. The molecule has 2 N–H and O–H groups in total. The number of ether oxygens (including phenoxy) is 1. The van der Waals surface area contributed by atoms with Crippen molar-refractivity contribution in [3.8, 4) is 11.6 Å². The fourth-order valence-corrected chi connectivity index (χ4v) is 2.71. The maximum atomic E-state index is 12.2. The van der Waals surface area contributed by atoms with Crippen LogP contribution >= 0.6 is 0 Å². The minimum atomic E-state index is -0.151. The van der Waals surface area contributed by atoms with Crippen LogP contribution in [0.5, 0.6) is 5.75 Å². The molecule has 1 amide bonds. The molecule has 0 saturated heterocycles. The van der Waals surface area contributed by atoms with Crippen LogP contribution in [0, 0.1) is 20.8 Å². The van der Waals surface area contributed by atoms with Gasteiger partial charge in [-0.1, -0.05) is 6.07 Å². The van der Waals surface area contributed by atoms with E-state index in [1.807, 2.05) is 32.9 Å². The lowest BCUT2D eigenvalue weighted by Crippen LogP contribution is -2.28. The van der Waals surface area contributed by atoms with Gasteiger partial charge in [-0.15, -0.1) is 10.2 Å². The number of carbonyl (C=O) groups excluding carboxylic acids is 1. The van der Waals surface area contributed by atoms with Gasteiger partial charge in [0.1, 0.15) is 11.6 Å². The van der Waals surface area contributed by atoms with Crippen LogP contribution in [-0.4, -0.2) is 46.1 Å². The molecule has 0 atom stereocenters. The molecule has 2 aromatic heterocycles.